The van der Waals surface area contributed by atoms with Crippen molar-refractivity contribution in [3.05, 3.63) is 59.7 Å². The van der Waals surface area contributed by atoms with Crippen LogP contribution in [0.5, 0.6) is 0 Å². The van der Waals surface area contributed by atoms with Gasteiger partial charge < -0.3 is 29.4 Å². The number of fused-ring (bicyclic) bond motifs is 9. The number of aromatic nitrogens is 2. The van der Waals surface area contributed by atoms with Gasteiger partial charge in [-0.3, -0.25) is 4.79 Å². The molecule has 0 saturated carbocycles. The van der Waals surface area contributed by atoms with E-state index in [1.807, 2.05) is 57.7 Å². The summed E-state index contributed by atoms with van der Waals surface area (Å²) in [5, 5.41) is 28.6. The van der Waals surface area contributed by atoms with Gasteiger partial charge in [0.2, 0.25) is 5.60 Å². The molecule has 0 saturated heterocycles. The summed E-state index contributed by atoms with van der Waals surface area (Å²) in [5.41, 5.74) is 0.504. The molecule has 4 heterocycles. The van der Waals surface area contributed by atoms with Crippen LogP contribution in [0.3, 0.4) is 0 Å². The number of benzene rings is 3. The highest BCUT2D eigenvalue weighted by atomic mass is 16.5. The molecule has 0 bridgehead atoms. The van der Waals surface area contributed by atoms with Crippen LogP contribution in [0.15, 0.2) is 48.5 Å². The van der Waals surface area contributed by atoms with E-state index in [1.165, 1.54) is 7.11 Å². The number of carbonyl (C=O) groups excluding carboxylic acids is 1. The van der Waals surface area contributed by atoms with Gasteiger partial charge in [0.15, 0.2) is 5.72 Å². The van der Waals surface area contributed by atoms with Gasteiger partial charge in [-0.25, -0.2) is 4.79 Å². The third kappa shape index (κ3) is 1.91. The SMILES string of the molecule is CO[C@]1(C)n2c3ccccc3c3c4c(c5c6ccccc6n(c5c32)C[C@]1(O)C(=O)O)C(=O)NC4. The van der Waals surface area contributed by atoms with E-state index in [4.69, 9.17) is 4.74 Å². The molecule has 8 nitrogen and oxygen atoms in total. The average molecular weight is 455 g/mol. The van der Waals surface area contributed by atoms with Crippen LogP contribution in [0.1, 0.15) is 22.8 Å². The maximum Gasteiger partial charge on any atom is 0.342 e. The number of hydrogen-bond donors (Lipinski definition) is 3. The maximum absolute atomic E-state index is 13.1. The quantitative estimate of drug-likeness (QED) is 0.379. The molecule has 2 atom stereocenters. The number of aliphatic carboxylic acids is 1. The Morgan fingerprint density at radius 3 is 2.35 bits per heavy atom. The van der Waals surface area contributed by atoms with Crippen molar-refractivity contribution in [3.8, 4) is 0 Å². The molecule has 0 unspecified atom stereocenters. The number of carboxylic acid groups (broad SMARTS) is 1. The molecule has 170 valence electrons. The van der Waals surface area contributed by atoms with Crippen molar-refractivity contribution in [2.75, 3.05) is 7.11 Å². The molecule has 34 heavy (non-hydrogen) atoms. The Labute approximate surface area is 192 Å². The number of methoxy groups -OCH3 is 1. The molecule has 0 spiro atoms. The molecule has 0 aliphatic carbocycles. The maximum atomic E-state index is 13.1. The van der Waals surface area contributed by atoms with Crippen LogP contribution in [0.25, 0.3) is 43.6 Å². The molecule has 2 aliphatic rings. The molecule has 0 radical (unpaired) electrons. The van der Waals surface area contributed by atoms with Crippen LogP contribution in [0.2, 0.25) is 0 Å². The number of nitrogens with zero attached hydrogens (tertiary/aromatic N) is 2. The number of ether oxygens (including phenoxy) is 1. The van der Waals surface area contributed by atoms with E-state index >= 15 is 0 Å². The first-order valence-corrected chi connectivity index (χ1v) is 11.1. The Morgan fingerprint density at radius 1 is 1.03 bits per heavy atom. The van der Waals surface area contributed by atoms with Crippen molar-refractivity contribution >= 4 is 55.5 Å². The van der Waals surface area contributed by atoms with Gasteiger partial charge in [0.05, 0.1) is 28.7 Å². The van der Waals surface area contributed by atoms with Gasteiger partial charge in [-0.2, -0.15) is 0 Å². The molecule has 8 heteroatoms. The predicted octanol–water partition coefficient (Wildman–Crippen LogP) is 3.29. The predicted molar refractivity (Wildman–Crippen MR) is 127 cm³/mol. The summed E-state index contributed by atoms with van der Waals surface area (Å²) in [6.45, 7) is 1.74. The molecule has 3 aromatic carbocycles. The molecule has 2 aromatic heterocycles. The molecule has 7 rings (SSSR count). The first-order chi connectivity index (χ1) is 16.3. The number of rotatable bonds is 2. The highest BCUT2D eigenvalue weighted by Crippen LogP contribution is 2.51. The van der Waals surface area contributed by atoms with Gasteiger partial charge in [0.25, 0.3) is 5.91 Å². The van der Waals surface area contributed by atoms with Gasteiger partial charge in [-0.1, -0.05) is 36.4 Å². The van der Waals surface area contributed by atoms with Crippen LogP contribution in [0, 0.1) is 0 Å². The fourth-order valence-corrected chi connectivity index (χ4v) is 6.23. The minimum atomic E-state index is -2.31. The first kappa shape index (κ1) is 19.6. The second-order valence-electron chi connectivity index (χ2n) is 9.29. The van der Waals surface area contributed by atoms with Crippen LogP contribution >= 0.6 is 0 Å². The Hall–Kier alpha value is -3.88. The van der Waals surface area contributed by atoms with Gasteiger partial charge in [0.1, 0.15) is 0 Å². The molecule has 3 N–H and O–H groups in total. The Kier molecular flexibility index (Phi) is 3.44. The van der Waals surface area contributed by atoms with E-state index in [-0.39, 0.29) is 12.5 Å². The summed E-state index contributed by atoms with van der Waals surface area (Å²) in [6.07, 6.45) is 0. The average Bonchev–Trinajstić information content (AvgIpc) is 3.46. The summed E-state index contributed by atoms with van der Waals surface area (Å²) >= 11 is 0. The summed E-state index contributed by atoms with van der Waals surface area (Å²) in [7, 11) is 1.42. The van der Waals surface area contributed by atoms with E-state index in [2.05, 4.69) is 5.32 Å². The van der Waals surface area contributed by atoms with E-state index in [9.17, 15) is 19.8 Å². The summed E-state index contributed by atoms with van der Waals surface area (Å²) < 4.78 is 9.57. The molecule has 5 aromatic rings. The lowest BCUT2D eigenvalue weighted by Gasteiger charge is -2.41. The lowest BCUT2D eigenvalue weighted by molar-refractivity contribution is -0.223. The minimum absolute atomic E-state index is 0.149. The highest BCUT2D eigenvalue weighted by Gasteiger charge is 2.58. The minimum Gasteiger partial charge on any atom is -0.479 e. The second-order valence-corrected chi connectivity index (χ2v) is 9.29. The highest BCUT2D eigenvalue weighted by molar-refractivity contribution is 6.31. The molecule has 0 fully saturated rings. The van der Waals surface area contributed by atoms with Crippen molar-refractivity contribution in [3.63, 3.8) is 0 Å². The van der Waals surface area contributed by atoms with Crippen molar-refractivity contribution < 1.29 is 24.5 Å². The normalized spacial score (nSPS) is 23.8. The van der Waals surface area contributed by atoms with Crippen molar-refractivity contribution in [1.29, 1.82) is 0 Å². The van der Waals surface area contributed by atoms with Crippen LogP contribution in [0.4, 0.5) is 0 Å². The standard InChI is InChI=1S/C26H21N3O5/c1-25(34-2)26(33,24(31)32)12-28-16-9-5-3-7-13(16)19-20-15(11-27-23(20)30)18-14-8-4-6-10-17(14)29(25)22(18)21(19)28/h3-10,33H,11-12H2,1-2H3,(H,27,30)(H,31,32)/t25-,26-/m0/s1. The number of nitrogens with one attached hydrogen (secondary N) is 1. The second kappa shape index (κ2) is 5.97. The largest absolute Gasteiger partial charge is 0.479 e. The van der Waals surface area contributed by atoms with Crippen LogP contribution in [-0.4, -0.2) is 43.9 Å². The Morgan fingerprint density at radius 2 is 1.68 bits per heavy atom. The van der Waals surface area contributed by atoms with Gasteiger partial charge in [-0.15, -0.1) is 0 Å². The number of para-hydroxylation sites is 2. The van der Waals surface area contributed by atoms with E-state index < -0.39 is 17.3 Å². The first-order valence-electron chi connectivity index (χ1n) is 11.1. The lowest BCUT2D eigenvalue weighted by Crippen LogP contribution is -2.61. The van der Waals surface area contributed by atoms with E-state index in [0.717, 1.165) is 49.2 Å². The van der Waals surface area contributed by atoms with Crippen molar-refractivity contribution in [1.82, 2.24) is 14.5 Å². The number of hydrogen-bond acceptors (Lipinski definition) is 4. The zero-order valence-electron chi connectivity index (χ0n) is 18.5. The monoisotopic (exact) mass is 455 g/mol. The van der Waals surface area contributed by atoms with Crippen molar-refractivity contribution in [2.24, 2.45) is 0 Å². The van der Waals surface area contributed by atoms with Gasteiger partial charge in [0, 0.05) is 40.7 Å². The lowest BCUT2D eigenvalue weighted by atomic mass is 9.90. The van der Waals surface area contributed by atoms with E-state index in [1.54, 1.807) is 6.92 Å². The third-order valence-corrected chi connectivity index (χ3v) is 7.91. The van der Waals surface area contributed by atoms with Crippen LogP contribution < -0.4 is 5.32 Å². The number of aliphatic hydroxyl groups is 1. The summed E-state index contributed by atoms with van der Waals surface area (Å²) in [6, 6.07) is 15.3. The third-order valence-electron chi connectivity index (χ3n) is 7.91. The molecular weight excluding hydrogens is 434 g/mol. The fourth-order valence-electron chi connectivity index (χ4n) is 6.23. The number of amides is 1. The number of carboxylic acids is 1. The summed E-state index contributed by atoms with van der Waals surface area (Å²) in [5.74, 6) is -1.53. The van der Waals surface area contributed by atoms with E-state index in [0.29, 0.717) is 12.1 Å². The van der Waals surface area contributed by atoms with Crippen LogP contribution in [-0.2, 0) is 28.3 Å². The Bertz CT molecular complexity index is 1760. The zero-order chi connectivity index (χ0) is 23.6. The number of carbonyl (C=O) groups is 2. The zero-order valence-corrected chi connectivity index (χ0v) is 18.5. The smallest absolute Gasteiger partial charge is 0.342 e. The fraction of sp³-hybridized carbons (Fsp3) is 0.231. The molecular formula is C26H21N3O5. The van der Waals surface area contributed by atoms with Gasteiger partial charge >= 0.3 is 5.97 Å². The van der Waals surface area contributed by atoms with Gasteiger partial charge in [-0.05, 0) is 24.6 Å². The molecule has 1 amide bonds. The van der Waals surface area contributed by atoms with Crippen molar-refractivity contribution in [2.45, 2.75) is 31.3 Å². The topological polar surface area (TPSA) is 106 Å². The molecule has 2 aliphatic heterocycles. The summed E-state index contributed by atoms with van der Waals surface area (Å²) in [4.78, 5) is 25.9. The Balaban J connectivity index is 1.90.